The maximum Gasteiger partial charge on any atom is 0.149 e. The van der Waals surface area contributed by atoms with Crippen molar-refractivity contribution in [1.82, 2.24) is 14.5 Å². The second-order valence-corrected chi connectivity index (χ2v) is 26.6. The maximum absolute atomic E-state index is 12.6. The molecule has 10 rings (SSSR count). The average molecular weight is 870 g/mol. The van der Waals surface area contributed by atoms with Crippen molar-refractivity contribution in [1.29, 1.82) is 0 Å². The summed E-state index contributed by atoms with van der Waals surface area (Å²) in [6, 6.07) is 53.0. The number of nitrogens with zero attached hydrogens (tertiary/aromatic N) is 3. The summed E-state index contributed by atoms with van der Waals surface area (Å²) in [6.45, 7) is 20.2. The number of hydrogen-bond donors (Lipinski definition) is 1. The Hall–Kier alpha value is -6.04. The van der Waals surface area contributed by atoms with E-state index in [2.05, 4.69) is 200 Å². The number of imidazole rings is 1. The van der Waals surface area contributed by atoms with E-state index in [4.69, 9.17) is 9.97 Å². The highest BCUT2D eigenvalue weighted by Gasteiger charge is 2.44. The van der Waals surface area contributed by atoms with E-state index in [1.165, 1.54) is 69.9 Å². The van der Waals surface area contributed by atoms with Crippen LogP contribution in [-0.2, 0) is 22.7 Å². The van der Waals surface area contributed by atoms with Crippen LogP contribution in [0.2, 0.25) is 18.1 Å². The van der Waals surface area contributed by atoms with Gasteiger partial charge in [0.25, 0.3) is 0 Å². The van der Waals surface area contributed by atoms with E-state index >= 15 is 0 Å². The predicted octanol–water partition coefficient (Wildman–Crippen LogP) is 15.4. The van der Waals surface area contributed by atoms with Crippen molar-refractivity contribution in [2.75, 3.05) is 0 Å². The molecule has 0 atom stereocenters. The second kappa shape index (κ2) is 15.8. The first kappa shape index (κ1) is 42.9. The minimum Gasteiger partial charge on any atom is -0.507 e. The van der Waals surface area contributed by atoms with E-state index in [-0.39, 0.29) is 22.0 Å². The molecule has 4 heterocycles. The fourth-order valence-corrected chi connectivity index (χ4v) is 16.4. The smallest absolute Gasteiger partial charge is 0.149 e. The minimum absolute atomic E-state index is 0.0588. The van der Waals surface area contributed by atoms with Gasteiger partial charge in [0, 0.05) is 28.5 Å². The first-order valence-corrected chi connectivity index (χ1v) is 26.4. The molecular weight excluding hydrogens is 807 g/mol. The van der Waals surface area contributed by atoms with Crippen molar-refractivity contribution in [2.45, 2.75) is 116 Å². The van der Waals surface area contributed by atoms with Crippen LogP contribution in [0.5, 0.6) is 5.75 Å². The van der Waals surface area contributed by atoms with Gasteiger partial charge in [0.05, 0.1) is 36.1 Å². The molecular formula is C60H63N3OSi. The molecule has 6 aromatic carbocycles. The molecule has 0 bridgehead atoms. The molecule has 0 aliphatic carbocycles. The number of benzene rings is 6. The summed E-state index contributed by atoms with van der Waals surface area (Å²) in [5.74, 6) is 1.03. The van der Waals surface area contributed by atoms with E-state index in [9.17, 15) is 5.11 Å². The van der Waals surface area contributed by atoms with Crippen LogP contribution in [0.4, 0.5) is 0 Å². The third kappa shape index (κ3) is 7.66. The Morgan fingerprint density at radius 3 is 1.89 bits per heavy atom. The lowest BCUT2D eigenvalue weighted by Crippen LogP contribution is -2.41. The lowest BCUT2D eigenvalue weighted by atomic mass is 9.79. The van der Waals surface area contributed by atoms with Crippen molar-refractivity contribution in [3.8, 4) is 67.5 Å². The lowest BCUT2D eigenvalue weighted by Gasteiger charge is -2.28. The summed E-state index contributed by atoms with van der Waals surface area (Å²) in [6.07, 6.45) is 5.79. The molecule has 328 valence electrons. The minimum atomic E-state index is -1.68. The van der Waals surface area contributed by atoms with Gasteiger partial charge in [-0.2, -0.15) is 0 Å². The van der Waals surface area contributed by atoms with E-state index in [1.54, 1.807) is 5.19 Å². The Morgan fingerprint density at radius 1 is 0.538 bits per heavy atom. The van der Waals surface area contributed by atoms with Gasteiger partial charge in [0.15, 0.2) is 0 Å². The van der Waals surface area contributed by atoms with Crippen LogP contribution >= 0.6 is 0 Å². The van der Waals surface area contributed by atoms with Gasteiger partial charge in [0.2, 0.25) is 0 Å². The van der Waals surface area contributed by atoms with Crippen molar-refractivity contribution < 1.29 is 5.11 Å². The Labute approximate surface area is 387 Å². The molecule has 4 nitrogen and oxygen atoms in total. The zero-order valence-electron chi connectivity index (χ0n) is 39.8. The third-order valence-electron chi connectivity index (χ3n) is 14.6. The Balaban J connectivity index is 1.29. The number of phenols is 1. The van der Waals surface area contributed by atoms with Crippen LogP contribution in [-0.4, -0.2) is 27.7 Å². The number of aromatic nitrogens is 3. The number of fused-ring (bicyclic) bond motifs is 3. The van der Waals surface area contributed by atoms with Crippen molar-refractivity contribution >= 4 is 24.3 Å². The molecule has 2 aromatic heterocycles. The van der Waals surface area contributed by atoms with Crippen molar-refractivity contribution in [3.63, 3.8) is 0 Å². The predicted molar refractivity (Wildman–Crippen MR) is 277 cm³/mol. The maximum atomic E-state index is 12.6. The van der Waals surface area contributed by atoms with Gasteiger partial charge < -0.3 is 5.11 Å². The molecule has 0 unspecified atom stereocenters. The molecule has 2 aliphatic heterocycles. The van der Waals surface area contributed by atoms with Gasteiger partial charge in [0.1, 0.15) is 11.6 Å². The number of para-hydroxylation sites is 1. The van der Waals surface area contributed by atoms with Gasteiger partial charge in [-0.05, 0) is 110 Å². The Bertz CT molecular complexity index is 3100. The quantitative estimate of drug-likeness (QED) is 0.169. The summed E-state index contributed by atoms with van der Waals surface area (Å²) in [4.78, 5) is 10.9. The molecule has 1 spiro atoms. The zero-order valence-corrected chi connectivity index (χ0v) is 40.8. The molecule has 65 heavy (non-hydrogen) atoms. The zero-order chi connectivity index (χ0) is 45.5. The molecule has 0 radical (unpaired) electrons. The first-order chi connectivity index (χ1) is 31.0. The topological polar surface area (TPSA) is 50.9 Å². The number of hydrogen-bond acceptors (Lipinski definition) is 3. The van der Waals surface area contributed by atoms with Crippen LogP contribution in [0.25, 0.3) is 72.7 Å². The Kier molecular flexibility index (Phi) is 10.4. The van der Waals surface area contributed by atoms with Crippen LogP contribution in [0.1, 0.15) is 97.4 Å². The van der Waals surface area contributed by atoms with Gasteiger partial charge in [-0.3, -0.25) is 9.55 Å². The summed E-state index contributed by atoms with van der Waals surface area (Å²) in [5, 5.41) is 14.3. The summed E-state index contributed by atoms with van der Waals surface area (Å²) >= 11 is 0. The molecule has 8 aromatic rings. The molecule has 0 amide bonds. The second-order valence-electron chi connectivity index (χ2n) is 22.0. The van der Waals surface area contributed by atoms with Crippen LogP contribution < -0.4 is 5.19 Å². The normalized spacial score (nSPS) is 15.0. The highest BCUT2D eigenvalue weighted by Crippen LogP contribution is 2.47. The van der Waals surface area contributed by atoms with Gasteiger partial charge >= 0.3 is 0 Å². The fraction of sp³-hybridized carbons (Fsp3) is 0.300. The SMILES string of the molecule is CC(C)(C)c1ccc(-n2c(-c3cc(C(C)(C)C)cc(C(C)(C)C)c3O)nc3c(-c4cc(-c5cc(-c6ccccc6)ccn5)c5c(c4)[Si]4(CCCC4)CC5)cccc32)c(-c2ccccc2)c1. The number of rotatable bonds is 6. The van der Waals surface area contributed by atoms with Gasteiger partial charge in [-0.1, -0.05) is 183 Å². The highest BCUT2D eigenvalue weighted by atomic mass is 28.3. The lowest BCUT2D eigenvalue weighted by molar-refractivity contribution is 0.446. The van der Waals surface area contributed by atoms with E-state index < -0.39 is 8.07 Å². The molecule has 1 fully saturated rings. The molecule has 5 heteroatoms. The van der Waals surface area contributed by atoms with Crippen LogP contribution in [0.15, 0.2) is 140 Å². The summed E-state index contributed by atoms with van der Waals surface area (Å²) in [7, 11) is -1.68. The summed E-state index contributed by atoms with van der Waals surface area (Å²) < 4.78 is 2.34. The monoisotopic (exact) mass is 869 g/mol. The number of pyridine rings is 1. The van der Waals surface area contributed by atoms with Crippen molar-refractivity contribution in [2.24, 2.45) is 0 Å². The van der Waals surface area contributed by atoms with Gasteiger partial charge in [-0.15, -0.1) is 0 Å². The van der Waals surface area contributed by atoms with Gasteiger partial charge in [-0.25, -0.2) is 4.98 Å². The summed E-state index contributed by atoms with van der Waals surface area (Å²) in [5.41, 5.74) is 17.3. The molecule has 1 saturated heterocycles. The van der Waals surface area contributed by atoms with E-state index in [0.717, 1.165) is 62.5 Å². The van der Waals surface area contributed by atoms with E-state index in [0.29, 0.717) is 0 Å². The Morgan fingerprint density at radius 2 is 1.22 bits per heavy atom. The molecule has 0 saturated carbocycles. The highest BCUT2D eigenvalue weighted by molar-refractivity contribution is 6.93. The standard InChI is InChI=1S/C60H63N3OSi/c1-58(2,3)43-25-26-52(47(36-43)40-21-14-11-15-22-40)63-53-24-18-23-45(55(53)62-57(63)49-37-44(59(4,5)6)38-50(56(49)64)60(7,8)9)42-33-48(46-28-32-65(54(46)35-42)30-16-17-31-65)51-34-41(27-29-61-51)39-19-12-10-13-20-39/h10-15,18-27,29,33-38,64H,16-17,28,30-32H2,1-9H3. The molecule has 1 N–H and O–H groups in total. The number of aromatic hydroxyl groups is 1. The average Bonchev–Trinajstić information content (AvgIpc) is 4.03. The number of phenolic OH excluding ortho intramolecular Hbond substituents is 1. The van der Waals surface area contributed by atoms with E-state index in [1.807, 2.05) is 6.20 Å². The first-order valence-electron chi connectivity index (χ1n) is 23.8. The third-order valence-corrected chi connectivity index (χ3v) is 20.0. The van der Waals surface area contributed by atoms with Crippen LogP contribution in [0.3, 0.4) is 0 Å². The largest absolute Gasteiger partial charge is 0.507 e. The van der Waals surface area contributed by atoms with Crippen molar-refractivity contribution in [3.05, 3.63) is 162 Å². The fourth-order valence-electron chi connectivity index (χ4n) is 10.9. The molecule has 2 aliphatic rings. The van der Waals surface area contributed by atoms with Crippen LogP contribution in [0, 0.1) is 0 Å².